The molecule has 6 heteroatoms. The van der Waals surface area contributed by atoms with E-state index in [2.05, 4.69) is 10.5 Å². The summed E-state index contributed by atoms with van der Waals surface area (Å²) in [4.78, 5) is 17.4. The van der Waals surface area contributed by atoms with E-state index in [9.17, 15) is 4.79 Å². The van der Waals surface area contributed by atoms with Crippen LogP contribution in [0.1, 0.15) is 12.5 Å². The van der Waals surface area contributed by atoms with E-state index in [0.29, 0.717) is 18.1 Å². The molecule has 3 aromatic rings. The second-order valence-electron chi connectivity index (χ2n) is 6.31. The third-order valence-corrected chi connectivity index (χ3v) is 4.25. The van der Waals surface area contributed by atoms with Crippen molar-refractivity contribution in [1.82, 2.24) is 0 Å². The Morgan fingerprint density at radius 3 is 2.53 bits per heavy atom. The molecule has 1 amide bonds. The minimum absolute atomic E-state index is 0.201. The maximum absolute atomic E-state index is 12.3. The number of para-hydroxylation sites is 1. The van der Waals surface area contributed by atoms with Gasteiger partial charge in [-0.15, -0.1) is 0 Å². The van der Waals surface area contributed by atoms with Crippen molar-refractivity contribution in [2.45, 2.75) is 6.92 Å². The average molecular weight is 404 g/mol. The van der Waals surface area contributed by atoms with E-state index in [1.165, 1.54) is 6.21 Å². The normalized spacial score (nSPS) is 10.6. The van der Waals surface area contributed by atoms with Gasteiger partial charge in [0.2, 0.25) is 0 Å². The summed E-state index contributed by atoms with van der Waals surface area (Å²) in [6.45, 7) is 2.26. The van der Waals surface area contributed by atoms with Gasteiger partial charge in [0.15, 0.2) is 18.1 Å². The Morgan fingerprint density at radius 2 is 1.77 bits per heavy atom. The molecule has 154 valence electrons. The van der Waals surface area contributed by atoms with E-state index in [4.69, 9.17) is 14.3 Å². The molecule has 30 heavy (non-hydrogen) atoms. The molecule has 3 aromatic carbocycles. The summed E-state index contributed by atoms with van der Waals surface area (Å²) < 4.78 is 10.8. The average Bonchev–Trinajstić information content (AvgIpc) is 2.78. The number of carbonyl (C=O) groups excluding carboxylic acids is 1. The quantitative estimate of drug-likeness (QED) is 0.413. The molecule has 1 N–H and O–H groups in total. The number of ether oxygens (including phenoxy) is 2. The van der Waals surface area contributed by atoms with Crippen molar-refractivity contribution in [3.05, 3.63) is 78.4 Å². The van der Waals surface area contributed by atoms with E-state index < -0.39 is 0 Å². The number of amides is 1. The summed E-state index contributed by atoms with van der Waals surface area (Å²) in [5.74, 6) is 0.977. The minimum atomic E-state index is -0.292. The molecule has 0 unspecified atom stereocenters. The van der Waals surface area contributed by atoms with Gasteiger partial charge in [-0.2, -0.15) is 0 Å². The first kappa shape index (κ1) is 20.9. The molecule has 0 aliphatic rings. The van der Waals surface area contributed by atoms with E-state index >= 15 is 0 Å². The predicted octanol–water partition coefficient (Wildman–Crippen LogP) is 4.75. The smallest absolute Gasteiger partial charge is 0.265 e. The van der Waals surface area contributed by atoms with Gasteiger partial charge in [0.1, 0.15) is 0 Å². The number of benzene rings is 3. The number of rotatable bonds is 9. The highest BCUT2D eigenvalue weighted by Crippen LogP contribution is 2.28. The Bertz CT molecular complexity index is 1000. The summed E-state index contributed by atoms with van der Waals surface area (Å²) in [7, 11) is 1.58. The summed E-state index contributed by atoms with van der Waals surface area (Å²) >= 11 is 0. The van der Waals surface area contributed by atoms with Crippen LogP contribution in [0, 0.1) is 0 Å². The molecule has 3 rings (SSSR count). The zero-order valence-electron chi connectivity index (χ0n) is 17.0. The number of methoxy groups -OCH3 is 1. The van der Waals surface area contributed by atoms with Gasteiger partial charge < -0.3 is 19.6 Å². The highest BCUT2D eigenvalue weighted by molar-refractivity contribution is 5.96. The van der Waals surface area contributed by atoms with Gasteiger partial charge >= 0.3 is 0 Å². The fourth-order valence-electron chi connectivity index (χ4n) is 2.88. The molecule has 0 fully saturated rings. The first-order chi connectivity index (χ1) is 14.7. The van der Waals surface area contributed by atoms with Crippen LogP contribution in [0.5, 0.6) is 11.5 Å². The third kappa shape index (κ3) is 5.61. The number of hydrogen-bond acceptors (Lipinski definition) is 5. The number of nitrogens with zero attached hydrogens (tertiary/aromatic N) is 1. The second kappa shape index (κ2) is 10.7. The van der Waals surface area contributed by atoms with Gasteiger partial charge in [-0.3, -0.25) is 4.79 Å². The van der Waals surface area contributed by atoms with Gasteiger partial charge in [-0.25, -0.2) is 0 Å². The molecule has 0 spiro atoms. The zero-order valence-corrected chi connectivity index (χ0v) is 17.0. The van der Waals surface area contributed by atoms with Gasteiger partial charge in [-0.1, -0.05) is 53.7 Å². The van der Waals surface area contributed by atoms with Crippen molar-refractivity contribution in [1.29, 1.82) is 0 Å². The van der Waals surface area contributed by atoms with Gasteiger partial charge in [0.25, 0.3) is 5.91 Å². The van der Waals surface area contributed by atoms with Crippen LogP contribution < -0.4 is 14.8 Å². The van der Waals surface area contributed by atoms with Crippen molar-refractivity contribution in [2.75, 3.05) is 25.6 Å². The fourth-order valence-corrected chi connectivity index (χ4v) is 2.88. The molecular weight excluding hydrogens is 380 g/mol. The van der Waals surface area contributed by atoms with Crippen molar-refractivity contribution in [2.24, 2.45) is 5.16 Å². The van der Waals surface area contributed by atoms with Crippen molar-refractivity contribution in [3.63, 3.8) is 0 Å². The fraction of sp³-hybridized carbons (Fsp3) is 0.167. The minimum Gasteiger partial charge on any atom is -0.493 e. The zero-order chi connectivity index (χ0) is 21.2. The van der Waals surface area contributed by atoms with Gasteiger partial charge in [-0.05, 0) is 36.8 Å². The van der Waals surface area contributed by atoms with Crippen LogP contribution in [0.4, 0.5) is 5.69 Å². The largest absolute Gasteiger partial charge is 0.493 e. The van der Waals surface area contributed by atoms with Crippen molar-refractivity contribution < 1.29 is 19.1 Å². The van der Waals surface area contributed by atoms with E-state index in [1.54, 1.807) is 19.2 Å². The molecule has 0 aliphatic carbocycles. The molecular formula is C24H24N2O4. The Balaban J connectivity index is 1.57. The Labute approximate surface area is 176 Å². The third-order valence-electron chi connectivity index (χ3n) is 4.25. The van der Waals surface area contributed by atoms with Crippen molar-refractivity contribution in [3.8, 4) is 22.6 Å². The molecule has 0 aliphatic heterocycles. The van der Waals surface area contributed by atoms with Gasteiger partial charge in [0, 0.05) is 16.8 Å². The summed E-state index contributed by atoms with van der Waals surface area (Å²) in [5, 5.41) is 6.75. The van der Waals surface area contributed by atoms with Crippen LogP contribution in [-0.4, -0.2) is 32.4 Å². The van der Waals surface area contributed by atoms with Crippen LogP contribution in [0.2, 0.25) is 0 Å². The number of oxime groups is 1. The molecule has 0 radical (unpaired) electrons. The molecule has 0 heterocycles. The highest BCUT2D eigenvalue weighted by atomic mass is 16.6. The van der Waals surface area contributed by atoms with Crippen LogP contribution in [0.3, 0.4) is 0 Å². The van der Waals surface area contributed by atoms with Crippen molar-refractivity contribution >= 4 is 17.8 Å². The second-order valence-corrected chi connectivity index (χ2v) is 6.31. The molecule has 0 saturated carbocycles. The van der Waals surface area contributed by atoms with Crippen LogP contribution in [-0.2, 0) is 9.63 Å². The van der Waals surface area contributed by atoms with Crippen LogP contribution in [0.15, 0.2) is 78.0 Å². The standard InChI is InChI=1S/C24H24N2O4/c1-3-29-22-14-13-18(15-23(22)28-2)16-25-30-17-24(27)26-21-12-8-7-11-20(21)19-9-5-4-6-10-19/h4-16H,3,17H2,1-2H3,(H,26,27)/b25-16-. The van der Waals surface area contributed by atoms with Gasteiger partial charge in [0.05, 0.1) is 19.9 Å². The lowest BCUT2D eigenvalue weighted by Gasteiger charge is -2.11. The predicted molar refractivity (Wildman–Crippen MR) is 118 cm³/mol. The SMILES string of the molecule is CCOc1ccc(/C=N\OCC(=O)Nc2ccccc2-c2ccccc2)cc1OC. The summed E-state index contributed by atoms with van der Waals surface area (Å²) in [6.07, 6.45) is 1.52. The maximum atomic E-state index is 12.3. The molecule has 0 aromatic heterocycles. The molecule has 6 nitrogen and oxygen atoms in total. The summed E-state index contributed by atoms with van der Waals surface area (Å²) in [6, 6.07) is 22.9. The number of anilines is 1. The highest BCUT2D eigenvalue weighted by Gasteiger charge is 2.08. The first-order valence-corrected chi connectivity index (χ1v) is 9.61. The van der Waals surface area contributed by atoms with Crippen LogP contribution in [0.25, 0.3) is 11.1 Å². The lowest BCUT2D eigenvalue weighted by molar-refractivity contribution is -0.120. The maximum Gasteiger partial charge on any atom is 0.265 e. The Kier molecular flexibility index (Phi) is 7.44. The lowest BCUT2D eigenvalue weighted by atomic mass is 10.0. The molecule has 0 atom stereocenters. The lowest BCUT2D eigenvalue weighted by Crippen LogP contribution is -2.17. The molecule has 0 bridgehead atoms. The van der Waals surface area contributed by atoms with E-state index in [0.717, 1.165) is 22.4 Å². The topological polar surface area (TPSA) is 69.2 Å². The monoisotopic (exact) mass is 404 g/mol. The van der Waals surface area contributed by atoms with Crippen LogP contribution >= 0.6 is 0 Å². The number of hydrogen-bond donors (Lipinski definition) is 1. The Morgan fingerprint density at radius 1 is 1.00 bits per heavy atom. The summed E-state index contributed by atoms with van der Waals surface area (Å²) in [5.41, 5.74) is 3.45. The molecule has 0 saturated heterocycles. The van der Waals surface area contributed by atoms with E-state index in [-0.39, 0.29) is 12.5 Å². The Hall–Kier alpha value is -3.80. The number of carbonyl (C=O) groups is 1. The first-order valence-electron chi connectivity index (χ1n) is 9.61. The number of nitrogens with one attached hydrogen (secondary N) is 1. The van der Waals surface area contributed by atoms with E-state index in [1.807, 2.05) is 67.6 Å².